The maximum absolute atomic E-state index is 12.6. The molecule has 2 aromatic rings. The lowest BCUT2D eigenvalue weighted by atomic mass is 10.2. The van der Waals surface area contributed by atoms with Crippen molar-refractivity contribution in [2.45, 2.75) is 36.9 Å². The van der Waals surface area contributed by atoms with Crippen LogP contribution in [0.4, 0.5) is 0 Å². The van der Waals surface area contributed by atoms with E-state index in [0.717, 1.165) is 5.56 Å². The zero-order chi connectivity index (χ0) is 16.6. The third kappa shape index (κ3) is 3.10. The van der Waals surface area contributed by atoms with Gasteiger partial charge in [0.15, 0.2) is 10.9 Å². The number of aromatic carboxylic acids is 1. The fraction of sp³-hybridized carbons (Fsp3) is 0.312. The average molecular weight is 332 g/mol. The zero-order valence-corrected chi connectivity index (χ0v) is 13.6. The van der Waals surface area contributed by atoms with E-state index in [2.05, 4.69) is 4.98 Å². The monoisotopic (exact) mass is 332 g/mol. The van der Waals surface area contributed by atoms with Crippen molar-refractivity contribution in [1.82, 2.24) is 9.55 Å². The number of carbonyl (C=O) groups is 1. The summed E-state index contributed by atoms with van der Waals surface area (Å²) in [4.78, 5) is 28.2. The molecule has 6 nitrogen and oxygen atoms in total. The number of carboxylic acids is 1. The molecule has 0 unspecified atom stereocenters. The molecule has 0 bridgehead atoms. The minimum absolute atomic E-state index is 0.119. The van der Waals surface area contributed by atoms with E-state index in [1.165, 1.54) is 16.3 Å². The van der Waals surface area contributed by atoms with E-state index in [0.29, 0.717) is 11.7 Å². The minimum atomic E-state index is -1.26. The van der Waals surface area contributed by atoms with Crippen LogP contribution in [0.3, 0.4) is 0 Å². The molecule has 0 aliphatic carbocycles. The fourth-order valence-electron chi connectivity index (χ4n) is 2.40. The Hall–Kier alpha value is -2.28. The maximum Gasteiger partial charge on any atom is 0.358 e. The summed E-state index contributed by atoms with van der Waals surface area (Å²) < 4.78 is 6.80. The summed E-state index contributed by atoms with van der Waals surface area (Å²) in [6.07, 6.45) is 0. The molecule has 0 amide bonds. The summed E-state index contributed by atoms with van der Waals surface area (Å²) in [6, 6.07) is 9.26. The van der Waals surface area contributed by atoms with E-state index >= 15 is 0 Å². The van der Waals surface area contributed by atoms with Gasteiger partial charge in [-0.15, -0.1) is 0 Å². The Bertz CT molecular complexity index is 815. The third-order valence-corrected chi connectivity index (χ3v) is 4.60. The van der Waals surface area contributed by atoms with Gasteiger partial charge in [-0.3, -0.25) is 9.36 Å². The number of hydrogen-bond donors (Lipinski definition) is 1. The van der Waals surface area contributed by atoms with E-state index in [1.807, 2.05) is 44.2 Å². The van der Waals surface area contributed by atoms with Gasteiger partial charge in [-0.05, 0) is 19.4 Å². The predicted molar refractivity (Wildman–Crippen MR) is 86.2 cm³/mol. The molecule has 1 aliphatic rings. The molecule has 1 aromatic carbocycles. The van der Waals surface area contributed by atoms with Gasteiger partial charge in [-0.25, -0.2) is 9.78 Å². The Morgan fingerprint density at radius 2 is 2.09 bits per heavy atom. The number of rotatable bonds is 4. The number of ether oxygens (including phenoxy) is 1. The van der Waals surface area contributed by atoms with Crippen molar-refractivity contribution in [3.05, 3.63) is 51.9 Å². The SMILES string of the molecule is CC1(C)Cn2c(nc(C(=O)O)c(OCc3ccccc3)c2=O)S1. The van der Waals surface area contributed by atoms with Gasteiger partial charge < -0.3 is 9.84 Å². The van der Waals surface area contributed by atoms with Crippen LogP contribution in [0.15, 0.2) is 40.3 Å². The Balaban J connectivity index is 1.99. The molecule has 0 fully saturated rings. The van der Waals surface area contributed by atoms with Crippen LogP contribution in [0, 0.1) is 0 Å². The molecule has 23 heavy (non-hydrogen) atoms. The van der Waals surface area contributed by atoms with E-state index in [1.54, 1.807) is 0 Å². The van der Waals surface area contributed by atoms with E-state index in [4.69, 9.17) is 4.74 Å². The van der Waals surface area contributed by atoms with Crippen molar-refractivity contribution in [2.24, 2.45) is 0 Å². The third-order valence-electron chi connectivity index (χ3n) is 3.43. The van der Waals surface area contributed by atoms with Crippen LogP contribution < -0.4 is 10.3 Å². The summed E-state index contributed by atoms with van der Waals surface area (Å²) in [5.41, 5.74) is 0.0761. The molecule has 3 rings (SSSR count). The van der Waals surface area contributed by atoms with Gasteiger partial charge in [0, 0.05) is 11.3 Å². The highest BCUT2D eigenvalue weighted by atomic mass is 32.2. The highest BCUT2D eigenvalue weighted by molar-refractivity contribution is 8.00. The lowest BCUT2D eigenvalue weighted by molar-refractivity contribution is 0.0682. The predicted octanol–water partition coefficient (Wildman–Crippen LogP) is 2.40. The van der Waals surface area contributed by atoms with E-state index < -0.39 is 11.5 Å². The highest BCUT2D eigenvalue weighted by Gasteiger charge is 2.34. The van der Waals surface area contributed by atoms with Crippen molar-refractivity contribution in [2.75, 3.05) is 0 Å². The van der Waals surface area contributed by atoms with Gasteiger partial charge in [-0.2, -0.15) is 0 Å². The molecule has 2 heterocycles. The second kappa shape index (κ2) is 5.73. The number of aromatic nitrogens is 2. The number of hydrogen-bond acceptors (Lipinski definition) is 5. The lowest BCUT2D eigenvalue weighted by Crippen LogP contribution is -2.28. The number of benzene rings is 1. The summed E-state index contributed by atoms with van der Waals surface area (Å²) in [6.45, 7) is 4.56. The number of carboxylic acid groups (broad SMARTS) is 1. The second-order valence-corrected chi connectivity index (χ2v) is 7.58. The molecule has 0 atom stereocenters. The van der Waals surface area contributed by atoms with Gasteiger partial charge in [0.2, 0.25) is 5.75 Å². The van der Waals surface area contributed by atoms with Gasteiger partial charge in [-0.1, -0.05) is 42.1 Å². The molecule has 1 aliphatic heterocycles. The molecular weight excluding hydrogens is 316 g/mol. The van der Waals surface area contributed by atoms with Crippen LogP contribution in [0.25, 0.3) is 0 Å². The molecule has 1 N–H and O–H groups in total. The maximum atomic E-state index is 12.6. The van der Waals surface area contributed by atoms with Gasteiger partial charge in [0.05, 0.1) is 0 Å². The first-order valence-corrected chi connectivity index (χ1v) is 7.93. The van der Waals surface area contributed by atoms with Crippen molar-refractivity contribution in [3.8, 4) is 5.75 Å². The van der Waals surface area contributed by atoms with Gasteiger partial charge >= 0.3 is 5.97 Å². The summed E-state index contributed by atoms with van der Waals surface area (Å²) in [7, 11) is 0. The largest absolute Gasteiger partial charge is 0.481 e. The first-order chi connectivity index (χ1) is 10.9. The summed E-state index contributed by atoms with van der Waals surface area (Å²) in [5, 5.41) is 9.77. The normalized spacial score (nSPS) is 15.2. The molecule has 0 radical (unpaired) electrons. The van der Waals surface area contributed by atoms with Crippen LogP contribution >= 0.6 is 11.8 Å². The Morgan fingerprint density at radius 3 is 2.74 bits per heavy atom. The van der Waals surface area contributed by atoms with E-state index in [-0.39, 0.29) is 22.8 Å². The lowest BCUT2D eigenvalue weighted by Gasteiger charge is -2.12. The van der Waals surface area contributed by atoms with Crippen LogP contribution in [0.2, 0.25) is 0 Å². The second-order valence-electron chi connectivity index (χ2n) is 5.90. The number of nitrogens with zero attached hydrogens (tertiary/aromatic N) is 2. The smallest absolute Gasteiger partial charge is 0.358 e. The Labute approximate surface area is 137 Å². The molecule has 120 valence electrons. The van der Waals surface area contributed by atoms with Crippen molar-refractivity contribution >= 4 is 17.7 Å². The van der Waals surface area contributed by atoms with Crippen molar-refractivity contribution in [3.63, 3.8) is 0 Å². The van der Waals surface area contributed by atoms with Crippen LogP contribution in [0.1, 0.15) is 29.9 Å². The van der Waals surface area contributed by atoms with Crippen molar-refractivity contribution in [1.29, 1.82) is 0 Å². The number of fused-ring (bicyclic) bond motifs is 1. The number of thioether (sulfide) groups is 1. The standard InChI is InChI=1S/C16H16N2O4S/c1-16(2)9-18-13(19)12(11(14(20)21)17-15(18)23-16)22-8-10-6-4-3-5-7-10/h3-7H,8-9H2,1-2H3,(H,20,21). The Morgan fingerprint density at radius 1 is 1.39 bits per heavy atom. The summed E-state index contributed by atoms with van der Waals surface area (Å²) in [5.74, 6) is -1.47. The van der Waals surface area contributed by atoms with Crippen LogP contribution in [0.5, 0.6) is 5.75 Å². The molecule has 1 aromatic heterocycles. The first-order valence-electron chi connectivity index (χ1n) is 7.11. The highest BCUT2D eigenvalue weighted by Crippen LogP contribution is 2.39. The van der Waals surface area contributed by atoms with Gasteiger partial charge in [0.25, 0.3) is 5.56 Å². The van der Waals surface area contributed by atoms with E-state index in [9.17, 15) is 14.7 Å². The Kier molecular flexibility index (Phi) is 3.89. The van der Waals surface area contributed by atoms with Gasteiger partial charge in [0.1, 0.15) is 6.61 Å². The van der Waals surface area contributed by atoms with Crippen molar-refractivity contribution < 1.29 is 14.6 Å². The summed E-state index contributed by atoms with van der Waals surface area (Å²) >= 11 is 1.40. The molecule has 7 heteroatoms. The average Bonchev–Trinajstić information content (AvgIpc) is 2.82. The van der Waals surface area contributed by atoms with Crippen LogP contribution in [-0.2, 0) is 13.2 Å². The quantitative estimate of drug-likeness (QED) is 0.866. The van der Waals surface area contributed by atoms with Crippen LogP contribution in [-0.4, -0.2) is 25.4 Å². The topological polar surface area (TPSA) is 81.4 Å². The minimum Gasteiger partial charge on any atom is -0.481 e. The first kappa shape index (κ1) is 15.6. The molecular formula is C16H16N2O4S. The zero-order valence-electron chi connectivity index (χ0n) is 12.8. The molecule has 0 saturated carbocycles. The molecule has 0 spiro atoms. The molecule has 0 saturated heterocycles. The fourth-order valence-corrected chi connectivity index (χ4v) is 3.48.